The standard InChI is InChI=1S/C15H25N3O.ClH/c1-5-18-11(2)9-14(12(18)3)15(19)17-8-6-7-13(10-17)16-4;/h9,13,16H,5-8,10H2,1-4H3;1H. The van der Waals surface area contributed by atoms with E-state index in [0.717, 1.165) is 43.7 Å². The summed E-state index contributed by atoms with van der Waals surface area (Å²) in [6, 6.07) is 2.47. The second kappa shape index (κ2) is 7.14. The number of likely N-dealkylation sites (N-methyl/N-ethyl adjacent to an activating group) is 1. The first-order chi connectivity index (χ1) is 9.08. The molecule has 1 aliphatic rings. The maximum atomic E-state index is 12.6. The molecule has 1 amide bonds. The molecule has 0 aromatic carbocycles. The van der Waals surface area contributed by atoms with E-state index in [1.165, 1.54) is 5.69 Å². The van der Waals surface area contributed by atoms with Gasteiger partial charge in [0.1, 0.15) is 0 Å². The Balaban J connectivity index is 0.00000200. The maximum absolute atomic E-state index is 12.6. The van der Waals surface area contributed by atoms with Crippen LogP contribution in [0.4, 0.5) is 0 Å². The smallest absolute Gasteiger partial charge is 0.255 e. The van der Waals surface area contributed by atoms with Crippen molar-refractivity contribution < 1.29 is 4.79 Å². The predicted molar refractivity (Wildman–Crippen MR) is 84.8 cm³/mol. The van der Waals surface area contributed by atoms with E-state index in [1.54, 1.807) is 0 Å². The fourth-order valence-corrected chi connectivity index (χ4v) is 3.07. The summed E-state index contributed by atoms with van der Waals surface area (Å²) in [4.78, 5) is 14.6. The van der Waals surface area contributed by atoms with Gasteiger partial charge in [-0.05, 0) is 46.7 Å². The van der Waals surface area contributed by atoms with Crippen LogP contribution in [0.3, 0.4) is 0 Å². The third-order valence-corrected chi connectivity index (χ3v) is 4.24. The molecule has 0 spiro atoms. The molecule has 1 N–H and O–H groups in total. The zero-order valence-corrected chi connectivity index (χ0v) is 13.7. The summed E-state index contributed by atoms with van der Waals surface area (Å²) in [7, 11) is 1.97. The molecule has 1 aromatic heterocycles. The van der Waals surface area contributed by atoms with Crippen LogP contribution >= 0.6 is 12.4 Å². The zero-order valence-electron chi connectivity index (χ0n) is 12.9. The number of halogens is 1. The molecule has 5 heteroatoms. The molecular weight excluding hydrogens is 274 g/mol. The number of rotatable bonds is 3. The number of nitrogens with one attached hydrogen (secondary N) is 1. The van der Waals surface area contributed by atoms with Crippen molar-refractivity contribution in [1.82, 2.24) is 14.8 Å². The van der Waals surface area contributed by atoms with E-state index in [4.69, 9.17) is 0 Å². The van der Waals surface area contributed by atoms with Crippen molar-refractivity contribution in [3.05, 3.63) is 23.0 Å². The molecule has 4 nitrogen and oxygen atoms in total. The average Bonchev–Trinajstić information content (AvgIpc) is 2.72. The maximum Gasteiger partial charge on any atom is 0.255 e. The summed E-state index contributed by atoms with van der Waals surface area (Å²) < 4.78 is 2.20. The van der Waals surface area contributed by atoms with Gasteiger partial charge in [0.25, 0.3) is 5.91 Å². The first-order valence-electron chi connectivity index (χ1n) is 7.21. The molecule has 1 unspecified atom stereocenters. The Morgan fingerprint density at radius 1 is 1.45 bits per heavy atom. The molecule has 0 saturated carbocycles. The number of hydrogen-bond donors (Lipinski definition) is 1. The fourth-order valence-electron chi connectivity index (χ4n) is 3.07. The molecule has 1 aromatic rings. The van der Waals surface area contributed by atoms with Crippen molar-refractivity contribution in [2.75, 3.05) is 20.1 Å². The Bertz CT molecular complexity index is 470. The molecule has 0 bridgehead atoms. The lowest BCUT2D eigenvalue weighted by Crippen LogP contribution is -2.47. The van der Waals surface area contributed by atoms with Crippen molar-refractivity contribution in [3.63, 3.8) is 0 Å². The van der Waals surface area contributed by atoms with Crippen LogP contribution in [0.25, 0.3) is 0 Å². The molecule has 114 valence electrons. The molecular formula is C15H26ClN3O. The minimum Gasteiger partial charge on any atom is -0.349 e. The van der Waals surface area contributed by atoms with Gasteiger partial charge >= 0.3 is 0 Å². The zero-order chi connectivity index (χ0) is 14.0. The van der Waals surface area contributed by atoms with Gasteiger partial charge in [0.2, 0.25) is 0 Å². The van der Waals surface area contributed by atoms with Gasteiger partial charge in [0.15, 0.2) is 0 Å². The number of hydrogen-bond acceptors (Lipinski definition) is 2. The highest BCUT2D eigenvalue weighted by molar-refractivity contribution is 5.95. The highest BCUT2D eigenvalue weighted by atomic mass is 35.5. The number of carbonyl (C=O) groups excluding carboxylic acids is 1. The van der Waals surface area contributed by atoms with E-state index >= 15 is 0 Å². The van der Waals surface area contributed by atoms with E-state index in [9.17, 15) is 4.79 Å². The van der Waals surface area contributed by atoms with Crippen molar-refractivity contribution in [3.8, 4) is 0 Å². The Kier molecular flexibility index (Phi) is 6.08. The van der Waals surface area contributed by atoms with Gasteiger partial charge < -0.3 is 14.8 Å². The molecule has 1 aliphatic heterocycles. The van der Waals surface area contributed by atoms with Crippen LogP contribution in [0.1, 0.15) is 41.5 Å². The lowest BCUT2D eigenvalue weighted by Gasteiger charge is -2.32. The number of nitrogens with zero attached hydrogens (tertiary/aromatic N) is 2. The van der Waals surface area contributed by atoms with Gasteiger partial charge in [0, 0.05) is 37.1 Å². The molecule has 1 saturated heterocycles. The van der Waals surface area contributed by atoms with Crippen molar-refractivity contribution in [2.45, 2.75) is 46.2 Å². The fraction of sp³-hybridized carbons (Fsp3) is 0.667. The first kappa shape index (κ1) is 17.1. The lowest BCUT2D eigenvalue weighted by molar-refractivity contribution is 0.0697. The normalized spacial score (nSPS) is 18.8. The van der Waals surface area contributed by atoms with Crippen molar-refractivity contribution >= 4 is 18.3 Å². The third kappa shape index (κ3) is 3.18. The number of aryl methyl sites for hydroxylation is 1. The summed E-state index contributed by atoms with van der Waals surface area (Å²) in [5.74, 6) is 0.188. The molecule has 2 heterocycles. The number of piperidine rings is 1. The summed E-state index contributed by atoms with van der Waals surface area (Å²) in [6.07, 6.45) is 2.25. The van der Waals surface area contributed by atoms with E-state index in [0.29, 0.717) is 6.04 Å². The Labute approximate surface area is 127 Å². The average molecular weight is 300 g/mol. The van der Waals surface area contributed by atoms with Crippen LogP contribution in [0.15, 0.2) is 6.07 Å². The van der Waals surface area contributed by atoms with Gasteiger partial charge in [0.05, 0.1) is 5.56 Å². The second-order valence-electron chi connectivity index (χ2n) is 5.41. The molecule has 1 fully saturated rings. The van der Waals surface area contributed by atoms with Crippen LogP contribution in [0.5, 0.6) is 0 Å². The SMILES string of the molecule is CCn1c(C)cc(C(=O)N2CCCC(NC)C2)c1C.Cl. The van der Waals surface area contributed by atoms with Crippen LogP contribution in [-0.2, 0) is 6.54 Å². The van der Waals surface area contributed by atoms with Gasteiger partial charge in [-0.25, -0.2) is 0 Å². The van der Waals surface area contributed by atoms with Crippen molar-refractivity contribution in [2.24, 2.45) is 0 Å². The molecule has 1 atom stereocenters. The summed E-state index contributed by atoms with van der Waals surface area (Å²) in [5, 5.41) is 3.28. The molecule has 20 heavy (non-hydrogen) atoms. The highest BCUT2D eigenvalue weighted by Crippen LogP contribution is 2.19. The van der Waals surface area contributed by atoms with Crippen LogP contribution in [-0.4, -0.2) is 41.6 Å². The Morgan fingerprint density at radius 3 is 2.70 bits per heavy atom. The van der Waals surface area contributed by atoms with E-state index in [2.05, 4.69) is 23.7 Å². The molecule has 0 aliphatic carbocycles. The van der Waals surface area contributed by atoms with Crippen molar-refractivity contribution in [1.29, 1.82) is 0 Å². The molecule has 0 radical (unpaired) electrons. The van der Waals surface area contributed by atoms with Crippen LogP contribution in [0.2, 0.25) is 0 Å². The van der Waals surface area contributed by atoms with Gasteiger partial charge in [-0.2, -0.15) is 0 Å². The quantitative estimate of drug-likeness (QED) is 0.930. The van der Waals surface area contributed by atoms with Crippen LogP contribution < -0.4 is 5.32 Å². The van der Waals surface area contributed by atoms with Gasteiger partial charge in [-0.3, -0.25) is 4.79 Å². The Hall–Kier alpha value is -1.00. The lowest BCUT2D eigenvalue weighted by atomic mass is 10.0. The van der Waals surface area contributed by atoms with E-state index in [-0.39, 0.29) is 18.3 Å². The predicted octanol–water partition coefficient (Wildman–Crippen LogP) is 2.37. The largest absolute Gasteiger partial charge is 0.349 e. The number of aromatic nitrogens is 1. The van der Waals surface area contributed by atoms with Gasteiger partial charge in [-0.1, -0.05) is 0 Å². The van der Waals surface area contributed by atoms with Crippen LogP contribution in [0, 0.1) is 13.8 Å². The summed E-state index contributed by atoms with van der Waals surface area (Å²) in [5.41, 5.74) is 3.14. The number of amides is 1. The third-order valence-electron chi connectivity index (χ3n) is 4.24. The summed E-state index contributed by atoms with van der Waals surface area (Å²) >= 11 is 0. The number of carbonyl (C=O) groups is 1. The minimum atomic E-state index is 0. The van der Waals surface area contributed by atoms with E-state index < -0.39 is 0 Å². The minimum absolute atomic E-state index is 0. The molecule has 2 rings (SSSR count). The number of likely N-dealkylation sites (tertiary alicyclic amines) is 1. The summed E-state index contributed by atoms with van der Waals surface area (Å²) in [6.45, 7) is 8.86. The van der Waals surface area contributed by atoms with Gasteiger partial charge in [-0.15, -0.1) is 12.4 Å². The Morgan fingerprint density at radius 2 is 2.15 bits per heavy atom. The monoisotopic (exact) mass is 299 g/mol. The highest BCUT2D eigenvalue weighted by Gasteiger charge is 2.25. The first-order valence-corrected chi connectivity index (χ1v) is 7.21. The topological polar surface area (TPSA) is 37.3 Å². The van der Waals surface area contributed by atoms with E-state index in [1.807, 2.05) is 24.9 Å². The second-order valence-corrected chi connectivity index (χ2v) is 5.41.